The highest BCUT2D eigenvalue weighted by atomic mass is 35.5. The second-order valence-electron chi connectivity index (χ2n) is 9.25. The predicted octanol–water partition coefficient (Wildman–Crippen LogP) is 6.54. The molecule has 0 unspecified atom stereocenters. The van der Waals surface area contributed by atoms with Gasteiger partial charge in [0.05, 0.1) is 33.0 Å². The van der Waals surface area contributed by atoms with Crippen LogP contribution < -0.4 is 0 Å². The van der Waals surface area contributed by atoms with E-state index in [1.807, 2.05) is 0 Å². The number of carbonyl (C=O) groups is 1. The van der Waals surface area contributed by atoms with Crippen molar-refractivity contribution in [3.05, 3.63) is 68.1 Å². The van der Waals surface area contributed by atoms with Gasteiger partial charge in [-0.05, 0) is 37.1 Å². The molecule has 36 heavy (non-hydrogen) atoms. The molecule has 0 atom stereocenters. The number of nitrogens with zero attached hydrogens (tertiary/aromatic N) is 2. The normalized spacial score (nSPS) is 21.6. The van der Waals surface area contributed by atoms with E-state index >= 15 is 0 Å². The van der Waals surface area contributed by atoms with Gasteiger partial charge in [0.1, 0.15) is 27.6 Å². The molecule has 2 saturated carbocycles. The third kappa shape index (κ3) is 4.09. The lowest BCUT2D eigenvalue weighted by Crippen LogP contribution is -2.45. The van der Waals surface area contributed by atoms with E-state index in [9.17, 15) is 19.4 Å². The molecule has 2 aliphatic rings. The monoisotopic (exact) mass is 548 g/mol. The van der Waals surface area contributed by atoms with Gasteiger partial charge in [-0.2, -0.15) is 0 Å². The number of aromatic nitrogens is 2. The van der Waals surface area contributed by atoms with Crippen molar-refractivity contribution >= 4 is 50.7 Å². The molecule has 0 aliphatic heterocycles. The van der Waals surface area contributed by atoms with Crippen LogP contribution in [-0.2, 0) is 16.9 Å². The van der Waals surface area contributed by atoms with Gasteiger partial charge in [0.25, 0.3) is 0 Å². The van der Waals surface area contributed by atoms with Crippen LogP contribution in [0.15, 0.2) is 34.9 Å². The maximum atomic E-state index is 14.4. The van der Waals surface area contributed by atoms with Crippen LogP contribution in [-0.4, -0.2) is 32.4 Å². The van der Waals surface area contributed by atoms with Gasteiger partial charge in [-0.15, -0.1) is 11.3 Å². The second-order valence-corrected chi connectivity index (χ2v) is 11.1. The molecule has 2 N–H and O–H groups in total. The SMILES string of the molecule is O=C(O)c1cc(F)c2nc(C3(O)CC(OCc4c(-c5c(Cl)cccc5Cl)noc4C4CC4)C3)sc2c1. The predicted molar refractivity (Wildman–Crippen MR) is 132 cm³/mol. The summed E-state index contributed by atoms with van der Waals surface area (Å²) in [4.78, 5) is 15.5. The highest BCUT2D eigenvalue weighted by Crippen LogP contribution is 2.48. The molecule has 0 saturated heterocycles. The Morgan fingerprint density at radius 3 is 2.64 bits per heavy atom. The zero-order valence-electron chi connectivity index (χ0n) is 18.6. The van der Waals surface area contributed by atoms with Crippen molar-refractivity contribution in [2.24, 2.45) is 0 Å². The van der Waals surface area contributed by atoms with Crippen molar-refractivity contribution in [2.45, 2.75) is 49.9 Å². The Labute approximate surface area is 218 Å². The van der Waals surface area contributed by atoms with Gasteiger partial charge >= 0.3 is 5.97 Å². The minimum atomic E-state index is -1.27. The molecule has 11 heteroatoms. The number of ether oxygens (including phenoxy) is 1. The van der Waals surface area contributed by atoms with E-state index in [4.69, 9.17) is 32.5 Å². The number of benzene rings is 2. The van der Waals surface area contributed by atoms with Crippen LogP contribution in [0.25, 0.3) is 21.5 Å². The number of carboxylic acids is 1. The van der Waals surface area contributed by atoms with Crippen LogP contribution in [0.4, 0.5) is 4.39 Å². The Balaban J connectivity index is 1.20. The summed E-state index contributed by atoms with van der Waals surface area (Å²) in [6.45, 7) is 0.212. The fourth-order valence-corrected chi connectivity index (χ4v) is 6.25. The number of rotatable bonds is 7. The maximum absolute atomic E-state index is 14.4. The summed E-state index contributed by atoms with van der Waals surface area (Å²) < 4.78 is 26.5. The summed E-state index contributed by atoms with van der Waals surface area (Å²) in [7, 11) is 0. The van der Waals surface area contributed by atoms with Gasteiger partial charge in [-0.3, -0.25) is 0 Å². The van der Waals surface area contributed by atoms with Crippen LogP contribution in [0.1, 0.15) is 58.3 Å². The molecule has 186 valence electrons. The number of carboxylic acid groups (broad SMARTS) is 1. The van der Waals surface area contributed by atoms with Crippen molar-refractivity contribution in [1.82, 2.24) is 10.1 Å². The molecule has 0 amide bonds. The first kappa shape index (κ1) is 23.8. The molecular weight excluding hydrogens is 530 g/mol. The number of aliphatic hydroxyl groups is 1. The Morgan fingerprint density at radius 1 is 1.25 bits per heavy atom. The molecule has 2 fully saturated rings. The Hall–Kier alpha value is -2.56. The molecule has 0 spiro atoms. The summed E-state index contributed by atoms with van der Waals surface area (Å²) in [5.41, 5.74) is 0.568. The molecule has 0 bridgehead atoms. The van der Waals surface area contributed by atoms with Gasteiger partial charge in [-0.25, -0.2) is 14.2 Å². The summed E-state index contributed by atoms with van der Waals surface area (Å²) in [6, 6.07) is 7.54. The summed E-state index contributed by atoms with van der Waals surface area (Å²) in [5, 5.41) is 25.8. The first-order valence-electron chi connectivity index (χ1n) is 11.3. The van der Waals surface area contributed by atoms with E-state index in [1.54, 1.807) is 18.2 Å². The lowest BCUT2D eigenvalue weighted by atomic mass is 9.78. The number of aromatic carboxylic acids is 1. The zero-order valence-corrected chi connectivity index (χ0v) is 21.0. The minimum absolute atomic E-state index is 0.0533. The zero-order chi connectivity index (χ0) is 25.2. The third-order valence-electron chi connectivity index (χ3n) is 6.65. The first-order chi connectivity index (χ1) is 17.2. The third-order valence-corrected chi connectivity index (χ3v) is 8.48. The number of thiazole rings is 1. The number of hydrogen-bond acceptors (Lipinski definition) is 7. The fourth-order valence-electron chi connectivity index (χ4n) is 4.55. The summed E-state index contributed by atoms with van der Waals surface area (Å²) >= 11 is 13.9. The standard InChI is InChI=1S/C25H19Cl2FN2O5S/c26-15-2-1-3-16(27)19(15)20-14(22(35-30-20)11-4-5-11)10-34-13-8-25(33,9-13)24-29-21-17(28)6-12(23(31)32)7-18(21)36-24/h1-3,6-7,11,13,33H,4-5,8-10H2,(H,31,32). The minimum Gasteiger partial charge on any atom is -0.478 e. The van der Waals surface area contributed by atoms with Gasteiger partial charge in [-0.1, -0.05) is 34.4 Å². The first-order valence-corrected chi connectivity index (χ1v) is 12.9. The van der Waals surface area contributed by atoms with Crippen LogP contribution in [0.5, 0.6) is 0 Å². The molecular formula is C25H19Cl2FN2O5S. The average molecular weight is 549 g/mol. The molecule has 2 aliphatic carbocycles. The van der Waals surface area contributed by atoms with Crippen molar-refractivity contribution in [1.29, 1.82) is 0 Å². The fraction of sp³-hybridized carbons (Fsp3) is 0.320. The highest BCUT2D eigenvalue weighted by molar-refractivity contribution is 7.18. The van der Waals surface area contributed by atoms with E-state index in [0.717, 1.165) is 41.6 Å². The number of halogens is 3. The average Bonchev–Trinajstić information content (AvgIpc) is 3.41. The molecule has 2 aromatic carbocycles. The number of fused-ring (bicyclic) bond motifs is 1. The lowest BCUT2D eigenvalue weighted by Gasteiger charge is -2.41. The second kappa shape index (κ2) is 8.78. The van der Waals surface area contributed by atoms with Crippen molar-refractivity contribution in [3.63, 3.8) is 0 Å². The smallest absolute Gasteiger partial charge is 0.335 e. The lowest BCUT2D eigenvalue weighted by molar-refractivity contribution is -0.149. The molecule has 2 aromatic heterocycles. The van der Waals surface area contributed by atoms with E-state index in [1.165, 1.54) is 6.07 Å². The van der Waals surface area contributed by atoms with E-state index < -0.39 is 17.4 Å². The van der Waals surface area contributed by atoms with Crippen LogP contribution in [0, 0.1) is 5.82 Å². The maximum Gasteiger partial charge on any atom is 0.335 e. The molecule has 2 heterocycles. The molecule has 7 nitrogen and oxygen atoms in total. The van der Waals surface area contributed by atoms with Crippen LogP contribution >= 0.6 is 34.5 Å². The van der Waals surface area contributed by atoms with Crippen LogP contribution in [0.2, 0.25) is 10.0 Å². The van der Waals surface area contributed by atoms with Gasteiger partial charge in [0.15, 0.2) is 5.82 Å². The molecule has 4 aromatic rings. The highest BCUT2D eigenvalue weighted by Gasteiger charge is 2.47. The van der Waals surface area contributed by atoms with Gasteiger partial charge in [0.2, 0.25) is 0 Å². The summed E-state index contributed by atoms with van der Waals surface area (Å²) in [6.07, 6.45) is 2.30. The largest absolute Gasteiger partial charge is 0.478 e. The Morgan fingerprint density at radius 2 is 1.97 bits per heavy atom. The van der Waals surface area contributed by atoms with Crippen LogP contribution in [0.3, 0.4) is 0 Å². The Kier molecular flexibility index (Phi) is 5.81. The van der Waals surface area contributed by atoms with Gasteiger partial charge < -0.3 is 19.5 Å². The van der Waals surface area contributed by atoms with Crippen molar-refractivity contribution in [2.75, 3.05) is 0 Å². The number of hydrogen-bond donors (Lipinski definition) is 2. The van der Waals surface area contributed by atoms with Crippen molar-refractivity contribution in [3.8, 4) is 11.3 Å². The van der Waals surface area contributed by atoms with Crippen molar-refractivity contribution < 1.29 is 28.7 Å². The Bertz CT molecular complexity index is 1490. The molecule has 0 radical (unpaired) electrons. The van der Waals surface area contributed by atoms with E-state index in [0.29, 0.717) is 31.0 Å². The molecule has 6 rings (SSSR count). The van der Waals surface area contributed by atoms with E-state index in [-0.39, 0.29) is 42.6 Å². The quantitative estimate of drug-likeness (QED) is 0.270. The topological polar surface area (TPSA) is 106 Å². The van der Waals surface area contributed by atoms with E-state index in [2.05, 4.69) is 10.1 Å². The summed E-state index contributed by atoms with van der Waals surface area (Å²) in [5.74, 6) is -0.892. The van der Waals surface area contributed by atoms with Gasteiger partial charge in [0, 0.05) is 29.9 Å².